The van der Waals surface area contributed by atoms with E-state index in [2.05, 4.69) is 9.18 Å². The summed E-state index contributed by atoms with van der Waals surface area (Å²) in [5.74, 6) is 0.535. The number of ether oxygens (including phenoxy) is 1. The molecule has 1 aliphatic heterocycles. The first kappa shape index (κ1) is 12.1. The van der Waals surface area contributed by atoms with E-state index in [1.54, 1.807) is 0 Å². The second-order valence-electron chi connectivity index (χ2n) is 3.75. The fourth-order valence-corrected chi connectivity index (χ4v) is 1.85. The van der Waals surface area contributed by atoms with Crippen molar-refractivity contribution in [1.82, 2.24) is 0 Å². The number of hydrogen-bond donors (Lipinski definition) is 0. The smallest absolute Gasteiger partial charge is 0.264 e. The van der Waals surface area contributed by atoms with Crippen LogP contribution in [0.3, 0.4) is 0 Å². The van der Waals surface area contributed by atoms with Gasteiger partial charge in [-0.3, -0.25) is 4.18 Å². The fourth-order valence-electron chi connectivity index (χ4n) is 1.44. The largest absolute Gasteiger partial charge is 0.475 e. The summed E-state index contributed by atoms with van der Waals surface area (Å²) in [5, 5.41) is 0. The molecule has 0 radical (unpaired) electrons. The highest BCUT2D eigenvalue weighted by atomic mass is 32.2. The standard InChI is InChI=1S/C11H13NO4S/c1-17(13,14)16-8-10-7-15-11(12-10)9-5-3-2-4-6-9/h2-6,10H,7-8H2,1H3/t10-/m0/s1. The Morgan fingerprint density at radius 1 is 1.41 bits per heavy atom. The molecule has 0 spiro atoms. The SMILES string of the molecule is CS(=O)(=O)OC[C@@H]1COC(c2ccccc2)=N1. The molecule has 0 amide bonds. The quantitative estimate of drug-likeness (QED) is 0.747. The van der Waals surface area contributed by atoms with Gasteiger partial charge in [0.15, 0.2) is 0 Å². The molecule has 6 heteroatoms. The summed E-state index contributed by atoms with van der Waals surface area (Å²) in [4.78, 5) is 4.27. The van der Waals surface area contributed by atoms with Gasteiger partial charge in [-0.25, -0.2) is 4.99 Å². The van der Waals surface area contributed by atoms with Gasteiger partial charge in [-0.1, -0.05) is 18.2 Å². The maximum absolute atomic E-state index is 10.8. The van der Waals surface area contributed by atoms with Gasteiger partial charge in [0, 0.05) is 5.56 Å². The van der Waals surface area contributed by atoms with E-state index < -0.39 is 10.1 Å². The van der Waals surface area contributed by atoms with Gasteiger partial charge in [-0.2, -0.15) is 8.42 Å². The van der Waals surface area contributed by atoms with Gasteiger partial charge in [-0.05, 0) is 12.1 Å². The van der Waals surface area contributed by atoms with Crippen LogP contribution in [0.4, 0.5) is 0 Å². The van der Waals surface area contributed by atoms with Crippen molar-refractivity contribution in [3.63, 3.8) is 0 Å². The van der Waals surface area contributed by atoms with Crippen molar-refractivity contribution >= 4 is 16.0 Å². The third kappa shape index (κ3) is 3.54. The van der Waals surface area contributed by atoms with Crippen LogP contribution in [0.5, 0.6) is 0 Å². The number of aliphatic imine (C=N–C) groups is 1. The van der Waals surface area contributed by atoms with E-state index in [-0.39, 0.29) is 12.6 Å². The zero-order valence-corrected chi connectivity index (χ0v) is 10.2. The van der Waals surface area contributed by atoms with Crippen molar-refractivity contribution in [1.29, 1.82) is 0 Å². The van der Waals surface area contributed by atoms with Crippen molar-refractivity contribution in [2.75, 3.05) is 19.5 Å². The Morgan fingerprint density at radius 2 is 2.12 bits per heavy atom. The van der Waals surface area contributed by atoms with Crippen LogP contribution >= 0.6 is 0 Å². The molecule has 0 saturated heterocycles. The Balaban J connectivity index is 2.00. The normalized spacial score (nSPS) is 19.8. The fraction of sp³-hybridized carbons (Fsp3) is 0.364. The highest BCUT2D eigenvalue weighted by Gasteiger charge is 2.21. The number of rotatable bonds is 4. The molecule has 2 rings (SSSR count). The summed E-state index contributed by atoms with van der Waals surface area (Å²) in [7, 11) is -3.42. The van der Waals surface area contributed by atoms with Gasteiger partial charge in [-0.15, -0.1) is 0 Å². The molecule has 0 aromatic heterocycles. The van der Waals surface area contributed by atoms with Gasteiger partial charge in [0.1, 0.15) is 12.6 Å². The maximum Gasteiger partial charge on any atom is 0.264 e. The topological polar surface area (TPSA) is 65.0 Å². The lowest BCUT2D eigenvalue weighted by Crippen LogP contribution is -2.17. The van der Waals surface area contributed by atoms with Gasteiger partial charge in [0.2, 0.25) is 5.90 Å². The van der Waals surface area contributed by atoms with Crippen molar-refractivity contribution in [2.45, 2.75) is 6.04 Å². The molecule has 0 saturated carbocycles. The second-order valence-corrected chi connectivity index (χ2v) is 5.40. The zero-order valence-electron chi connectivity index (χ0n) is 9.37. The van der Waals surface area contributed by atoms with Crippen LogP contribution in [0.2, 0.25) is 0 Å². The third-order valence-electron chi connectivity index (χ3n) is 2.21. The summed E-state index contributed by atoms with van der Waals surface area (Å²) < 4.78 is 31.7. The van der Waals surface area contributed by atoms with Crippen molar-refractivity contribution in [2.24, 2.45) is 4.99 Å². The minimum atomic E-state index is -3.42. The van der Waals surface area contributed by atoms with E-state index in [1.165, 1.54) is 0 Å². The van der Waals surface area contributed by atoms with Crippen LogP contribution in [-0.4, -0.2) is 39.8 Å². The van der Waals surface area contributed by atoms with Crippen LogP contribution in [0.15, 0.2) is 35.3 Å². The molecular formula is C11H13NO4S. The number of nitrogens with zero attached hydrogens (tertiary/aromatic N) is 1. The minimum absolute atomic E-state index is 0.0230. The second kappa shape index (κ2) is 4.85. The first-order chi connectivity index (χ1) is 8.04. The molecule has 5 nitrogen and oxygen atoms in total. The van der Waals surface area contributed by atoms with Crippen LogP contribution in [0, 0.1) is 0 Å². The van der Waals surface area contributed by atoms with E-state index in [0.717, 1.165) is 11.8 Å². The van der Waals surface area contributed by atoms with Gasteiger partial charge < -0.3 is 4.74 Å². The van der Waals surface area contributed by atoms with Crippen molar-refractivity contribution in [3.05, 3.63) is 35.9 Å². The molecule has 0 N–H and O–H groups in total. The van der Waals surface area contributed by atoms with E-state index in [0.29, 0.717) is 12.5 Å². The lowest BCUT2D eigenvalue weighted by molar-refractivity contribution is 0.248. The molecule has 92 valence electrons. The summed E-state index contributed by atoms with van der Waals surface area (Å²) >= 11 is 0. The minimum Gasteiger partial charge on any atom is -0.475 e. The Morgan fingerprint density at radius 3 is 2.76 bits per heavy atom. The summed E-state index contributed by atoms with van der Waals surface area (Å²) in [6.45, 7) is 0.370. The molecule has 0 fully saturated rings. The van der Waals surface area contributed by atoms with Gasteiger partial charge >= 0.3 is 0 Å². The van der Waals surface area contributed by atoms with E-state index in [4.69, 9.17) is 4.74 Å². The molecule has 0 unspecified atom stereocenters. The van der Waals surface area contributed by atoms with Gasteiger partial charge in [0.25, 0.3) is 10.1 Å². The summed E-state index contributed by atoms with van der Waals surface area (Å²) in [5.41, 5.74) is 0.884. The predicted octanol–water partition coefficient (Wildman–Crippen LogP) is 0.808. The zero-order chi connectivity index (χ0) is 12.3. The molecule has 1 heterocycles. The predicted molar refractivity (Wildman–Crippen MR) is 63.5 cm³/mol. The molecule has 1 aromatic rings. The van der Waals surface area contributed by atoms with Crippen LogP contribution < -0.4 is 0 Å². The first-order valence-corrected chi connectivity index (χ1v) is 6.97. The van der Waals surface area contributed by atoms with Crippen LogP contribution in [0.1, 0.15) is 5.56 Å². The lowest BCUT2D eigenvalue weighted by atomic mass is 10.2. The molecule has 1 atom stereocenters. The monoisotopic (exact) mass is 255 g/mol. The third-order valence-corrected chi connectivity index (χ3v) is 2.77. The molecule has 1 aliphatic rings. The Kier molecular flexibility index (Phi) is 3.44. The molecular weight excluding hydrogens is 242 g/mol. The van der Waals surface area contributed by atoms with Crippen LogP contribution in [0.25, 0.3) is 0 Å². The van der Waals surface area contributed by atoms with E-state index in [1.807, 2.05) is 30.3 Å². The molecule has 1 aromatic carbocycles. The first-order valence-electron chi connectivity index (χ1n) is 5.15. The average molecular weight is 255 g/mol. The van der Waals surface area contributed by atoms with Crippen molar-refractivity contribution in [3.8, 4) is 0 Å². The average Bonchev–Trinajstić information content (AvgIpc) is 2.75. The molecule has 17 heavy (non-hydrogen) atoms. The Labute approximate surface area is 100 Å². The maximum atomic E-state index is 10.8. The summed E-state index contributed by atoms with van der Waals surface area (Å²) in [6.07, 6.45) is 1.02. The van der Waals surface area contributed by atoms with E-state index >= 15 is 0 Å². The Hall–Kier alpha value is -1.40. The van der Waals surface area contributed by atoms with Crippen LogP contribution in [-0.2, 0) is 19.0 Å². The highest BCUT2D eigenvalue weighted by Crippen LogP contribution is 2.12. The number of hydrogen-bond acceptors (Lipinski definition) is 5. The molecule has 0 aliphatic carbocycles. The Bertz CT molecular complexity index is 510. The highest BCUT2D eigenvalue weighted by molar-refractivity contribution is 7.85. The molecule has 0 bridgehead atoms. The van der Waals surface area contributed by atoms with E-state index in [9.17, 15) is 8.42 Å². The van der Waals surface area contributed by atoms with Crippen molar-refractivity contribution < 1.29 is 17.3 Å². The summed E-state index contributed by atoms with van der Waals surface area (Å²) in [6, 6.07) is 9.20. The van der Waals surface area contributed by atoms with Gasteiger partial charge in [0.05, 0.1) is 12.9 Å². The lowest BCUT2D eigenvalue weighted by Gasteiger charge is -2.03. The number of benzene rings is 1.